The van der Waals surface area contributed by atoms with Crippen LogP contribution in [0, 0.1) is 0 Å². The molecule has 4 heteroatoms. The number of hydrogen-bond donors (Lipinski definition) is 0. The molecule has 1 aliphatic carbocycles. The number of aromatic nitrogens is 3. The second kappa shape index (κ2) is 5.66. The van der Waals surface area contributed by atoms with Crippen LogP contribution in [0.3, 0.4) is 0 Å². The molecular formula is C15H16ClN3. The van der Waals surface area contributed by atoms with Crippen LogP contribution >= 0.6 is 11.6 Å². The van der Waals surface area contributed by atoms with E-state index in [2.05, 4.69) is 39.4 Å². The lowest BCUT2D eigenvalue weighted by Gasteiger charge is -2.22. The van der Waals surface area contributed by atoms with Crippen LogP contribution in [-0.4, -0.2) is 15.2 Å². The smallest absolute Gasteiger partial charge is 0.215 e. The Morgan fingerprint density at radius 3 is 2.42 bits per heavy atom. The lowest BCUT2D eigenvalue weighted by Crippen LogP contribution is -2.04. The molecular weight excluding hydrogens is 258 g/mol. The highest BCUT2D eigenvalue weighted by atomic mass is 35.5. The van der Waals surface area contributed by atoms with E-state index in [9.17, 15) is 0 Å². The Morgan fingerprint density at radius 1 is 1.00 bits per heavy atom. The molecule has 19 heavy (non-hydrogen) atoms. The predicted octanol–water partition coefficient (Wildman–Crippen LogP) is 4.24. The van der Waals surface area contributed by atoms with E-state index >= 15 is 0 Å². The highest BCUT2D eigenvalue weighted by Gasteiger charge is 2.15. The maximum atomic E-state index is 5.76. The minimum absolute atomic E-state index is 0.189. The molecule has 2 aromatic rings. The first-order chi connectivity index (χ1) is 9.33. The van der Waals surface area contributed by atoms with Gasteiger partial charge in [-0.15, -0.1) is 5.10 Å². The number of benzene rings is 1. The molecule has 0 aliphatic heterocycles. The van der Waals surface area contributed by atoms with Gasteiger partial charge >= 0.3 is 0 Å². The molecule has 3 rings (SSSR count). The quantitative estimate of drug-likeness (QED) is 0.821. The number of halogens is 1. The Bertz CT molecular complexity index is 548. The van der Waals surface area contributed by atoms with Crippen molar-refractivity contribution in [2.24, 2.45) is 0 Å². The van der Waals surface area contributed by atoms with Gasteiger partial charge in [0.15, 0.2) is 0 Å². The van der Waals surface area contributed by atoms with Crippen molar-refractivity contribution in [3.63, 3.8) is 0 Å². The zero-order valence-electron chi connectivity index (χ0n) is 10.7. The van der Waals surface area contributed by atoms with Crippen molar-refractivity contribution in [1.82, 2.24) is 15.2 Å². The Morgan fingerprint density at radius 2 is 1.74 bits per heavy atom. The summed E-state index contributed by atoms with van der Waals surface area (Å²) >= 11 is 5.76. The highest BCUT2D eigenvalue weighted by molar-refractivity contribution is 6.28. The molecule has 0 amide bonds. The van der Waals surface area contributed by atoms with Gasteiger partial charge in [-0.1, -0.05) is 43.5 Å². The first kappa shape index (κ1) is 12.5. The van der Waals surface area contributed by atoms with E-state index in [0.717, 1.165) is 17.2 Å². The average molecular weight is 274 g/mol. The van der Waals surface area contributed by atoms with Gasteiger partial charge in [0.2, 0.25) is 5.28 Å². The van der Waals surface area contributed by atoms with Crippen molar-refractivity contribution >= 4 is 11.6 Å². The van der Waals surface area contributed by atoms with Gasteiger partial charge in [0, 0.05) is 5.56 Å². The lowest BCUT2D eigenvalue weighted by atomic mass is 9.84. The highest BCUT2D eigenvalue weighted by Crippen LogP contribution is 2.33. The average Bonchev–Trinajstić information content (AvgIpc) is 2.48. The molecule has 1 heterocycles. The van der Waals surface area contributed by atoms with Crippen molar-refractivity contribution in [2.45, 2.75) is 38.0 Å². The molecule has 0 atom stereocenters. The molecule has 1 fully saturated rings. The summed E-state index contributed by atoms with van der Waals surface area (Å²) in [6.45, 7) is 0. The monoisotopic (exact) mass is 273 g/mol. The number of rotatable bonds is 2. The Hall–Kier alpha value is -1.48. The molecule has 1 aromatic carbocycles. The van der Waals surface area contributed by atoms with Crippen molar-refractivity contribution in [3.05, 3.63) is 41.3 Å². The molecule has 0 unspecified atom stereocenters. The normalized spacial score (nSPS) is 16.5. The summed E-state index contributed by atoms with van der Waals surface area (Å²) in [5.74, 6) is 0.731. The predicted molar refractivity (Wildman–Crippen MR) is 76.1 cm³/mol. The van der Waals surface area contributed by atoms with Crippen LogP contribution in [0.2, 0.25) is 5.28 Å². The molecule has 0 radical (unpaired) electrons. The molecule has 0 N–H and O–H groups in total. The van der Waals surface area contributed by atoms with Crippen molar-refractivity contribution in [1.29, 1.82) is 0 Å². The SMILES string of the molecule is Clc1nncc(-c2ccc(C3CCCCC3)cc2)n1. The molecule has 1 aromatic heterocycles. The van der Waals surface area contributed by atoms with Crippen LogP contribution in [0.25, 0.3) is 11.3 Å². The fourth-order valence-corrected chi connectivity index (χ4v) is 2.92. The lowest BCUT2D eigenvalue weighted by molar-refractivity contribution is 0.443. The number of hydrogen-bond acceptors (Lipinski definition) is 3. The third kappa shape index (κ3) is 2.92. The molecule has 3 nitrogen and oxygen atoms in total. The van der Waals surface area contributed by atoms with E-state index < -0.39 is 0 Å². The first-order valence-electron chi connectivity index (χ1n) is 6.78. The standard InChI is InChI=1S/C15H16ClN3/c16-15-18-14(10-17-19-15)13-8-6-12(7-9-13)11-4-2-1-3-5-11/h6-11H,1-5H2. The Labute approximate surface area is 118 Å². The maximum Gasteiger partial charge on any atom is 0.243 e. The molecule has 1 saturated carbocycles. The Balaban J connectivity index is 1.82. The van der Waals surface area contributed by atoms with Crippen LogP contribution in [0.15, 0.2) is 30.5 Å². The number of nitrogens with zero attached hydrogens (tertiary/aromatic N) is 3. The van der Waals surface area contributed by atoms with Crippen molar-refractivity contribution in [2.75, 3.05) is 0 Å². The summed E-state index contributed by atoms with van der Waals surface area (Å²) in [4.78, 5) is 4.18. The second-order valence-corrected chi connectivity index (χ2v) is 5.41. The summed E-state index contributed by atoms with van der Waals surface area (Å²) < 4.78 is 0. The van der Waals surface area contributed by atoms with E-state index in [1.165, 1.54) is 37.7 Å². The second-order valence-electron chi connectivity index (χ2n) is 5.07. The van der Waals surface area contributed by atoms with Gasteiger partial charge in [-0.05, 0) is 35.9 Å². The largest absolute Gasteiger partial charge is 0.243 e. The molecule has 98 valence electrons. The van der Waals surface area contributed by atoms with E-state index in [-0.39, 0.29) is 5.28 Å². The summed E-state index contributed by atoms with van der Waals surface area (Å²) in [6, 6.07) is 8.62. The van der Waals surface area contributed by atoms with Gasteiger partial charge in [-0.2, -0.15) is 5.10 Å². The summed E-state index contributed by atoms with van der Waals surface area (Å²) in [7, 11) is 0. The third-order valence-corrected chi connectivity index (χ3v) is 3.98. The molecule has 0 spiro atoms. The van der Waals surface area contributed by atoms with Gasteiger partial charge in [-0.3, -0.25) is 0 Å². The van der Waals surface area contributed by atoms with Gasteiger partial charge in [0.1, 0.15) is 0 Å². The Kier molecular flexibility index (Phi) is 3.74. The van der Waals surface area contributed by atoms with Gasteiger partial charge in [0.25, 0.3) is 0 Å². The van der Waals surface area contributed by atoms with Crippen molar-refractivity contribution in [3.8, 4) is 11.3 Å². The first-order valence-corrected chi connectivity index (χ1v) is 7.16. The zero-order valence-corrected chi connectivity index (χ0v) is 11.5. The zero-order chi connectivity index (χ0) is 13.1. The summed E-state index contributed by atoms with van der Waals surface area (Å²) in [5, 5.41) is 7.68. The fourth-order valence-electron chi connectivity index (χ4n) is 2.78. The van der Waals surface area contributed by atoms with Crippen molar-refractivity contribution < 1.29 is 0 Å². The van der Waals surface area contributed by atoms with Crippen LogP contribution in [-0.2, 0) is 0 Å². The molecule has 0 saturated heterocycles. The minimum atomic E-state index is 0.189. The van der Waals surface area contributed by atoms with Crippen LogP contribution in [0.4, 0.5) is 0 Å². The molecule has 1 aliphatic rings. The fraction of sp³-hybridized carbons (Fsp3) is 0.400. The summed E-state index contributed by atoms with van der Waals surface area (Å²) in [5.41, 5.74) is 3.25. The van der Waals surface area contributed by atoms with E-state index in [0.29, 0.717) is 0 Å². The van der Waals surface area contributed by atoms with Crippen LogP contribution in [0.5, 0.6) is 0 Å². The van der Waals surface area contributed by atoms with Crippen LogP contribution in [0.1, 0.15) is 43.6 Å². The summed E-state index contributed by atoms with van der Waals surface area (Å²) in [6.07, 6.45) is 8.39. The van der Waals surface area contributed by atoms with Gasteiger partial charge in [-0.25, -0.2) is 4.98 Å². The topological polar surface area (TPSA) is 38.7 Å². The van der Waals surface area contributed by atoms with E-state index in [1.807, 2.05) is 0 Å². The maximum absolute atomic E-state index is 5.76. The van der Waals surface area contributed by atoms with Gasteiger partial charge in [0.05, 0.1) is 11.9 Å². The third-order valence-electron chi connectivity index (χ3n) is 3.82. The van der Waals surface area contributed by atoms with E-state index in [4.69, 9.17) is 11.6 Å². The minimum Gasteiger partial charge on any atom is -0.215 e. The molecule has 0 bridgehead atoms. The van der Waals surface area contributed by atoms with E-state index in [1.54, 1.807) is 6.20 Å². The van der Waals surface area contributed by atoms with Gasteiger partial charge < -0.3 is 0 Å². The van der Waals surface area contributed by atoms with Crippen LogP contribution < -0.4 is 0 Å².